The van der Waals surface area contributed by atoms with Gasteiger partial charge in [0.05, 0.1) is 12.1 Å². The topological polar surface area (TPSA) is 78.6 Å². The zero-order valence-corrected chi connectivity index (χ0v) is 13.2. The van der Waals surface area contributed by atoms with Crippen LogP contribution in [0.3, 0.4) is 0 Å². The minimum absolute atomic E-state index is 0.266. The van der Waals surface area contributed by atoms with E-state index >= 15 is 0 Å². The smallest absolute Gasteiger partial charge is 0.234 e. The molecule has 2 atom stereocenters. The van der Waals surface area contributed by atoms with Gasteiger partial charge in [0.25, 0.3) is 0 Å². The van der Waals surface area contributed by atoms with E-state index in [4.69, 9.17) is 5.73 Å². The Morgan fingerprint density at radius 2 is 2.00 bits per heavy atom. The predicted molar refractivity (Wildman–Crippen MR) is 87.2 cm³/mol. The highest BCUT2D eigenvalue weighted by Crippen LogP contribution is 2.20. The van der Waals surface area contributed by atoms with Gasteiger partial charge in [-0.1, -0.05) is 30.3 Å². The van der Waals surface area contributed by atoms with Gasteiger partial charge in [0.1, 0.15) is 0 Å². The molecule has 0 aromatic heterocycles. The number of β-amino-alcohol motifs (C(OH)–C–C–N with tert-alkyl or cyclic N) is 1. The lowest BCUT2D eigenvalue weighted by molar-refractivity contribution is -0.119. The molecule has 1 aromatic rings. The van der Waals surface area contributed by atoms with E-state index in [1.54, 1.807) is 6.92 Å². The number of aliphatic hydroxyl groups excluding tert-OH is 1. The van der Waals surface area contributed by atoms with E-state index < -0.39 is 6.10 Å². The molecule has 22 heavy (non-hydrogen) atoms. The molecule has 2 rings (SSSR count). The van der Waals surface area contributed by atoms with Crippen LogP contribution in [0.1, 0.15) is 31.4 Å². The Labute approximate surface area is 132 Å². The zero-order valence-electron chi connectivity index (χ0n) is 13.2. The standard InChI is InChI=1S/C17H27N3O2/c1-13(17(18)22)19-11-14-7-9-20(10-8-14)12-16(21)15-5-3-2-4-6-15/h2-6,13-14,16,19,21H,7-12H2,1H3,(H2,18,22). The first-order valence-corrected chi connectivity index (χ1v) is 8.04. The molecule has 1 heterocycles. The van der Waals surface area contributed by atoms with E-state index in [2.05, 4.69) is 10.2 Å². The Kier molecular flexibility index (Phi) is 6.36. The second-order valence-corrected chi connectivity index (χ2v) is 6.20. The van der Waals surface area contributed by atoms with Crippen LogP contribution in [0.25, 0.3) is 0 Å². The third-order valence-electron chi connectivity index (χ3n) is 4.46. The number of primary amides is 1. The van der Waals surface area contributed by atoms with Crippen molar-refractivity contribution in [3.8, 4) is 0 Å². The number of nitrogens with zero attached hydrogens (tertiary/aromatic N) is 1. The molecular weight excluding hydrogens is 278 g/mol. The number of aliphatic hydroxyl groups is 1. The van der Waals surface area contributed by atoms with Gasteiger partial charge in [-0.05, 0) is 50.9 Å². The summed E-state index contributed by atoms with van der Waals surface area (Å²) in [7, 11) is 0. The summed E-state index contributed by atoms with van der Waals surface area (Å²) < 4.78 is 0. The number of likely N-dealkylation sites (tertiary alicyclic amines) is 1. The Morgan fingerprint density at radius 3 is 2.59 bits per heavy atom. The maximum atomic E-state index is 11.0. The quantitative estimate of drug-likeness (QED) is 0.699. The number of carbonyl (C=O) groups excluding carboxylic acids is 1. The van der Waals surface area contributed by atoms with Crippen LogP contribution in [0.2, 0.25) is 0 Å². The summed E-state index contributed by atoms with van der Waals surface area (Å²) in [6.45, 7) is 5.29. The summed E-state index contributed by atoms with van der Waals surface area (Å²) in [6, 6.07) is 9.53. The van der Waals surface area contributed by atoms with Crippen LogP contribution in [0, 0.1) is 5.92 Å². The number of piperidine rings is 1. The number of carbonyl (C=O) groups is 1. The van der Waals surface area contributed by atoms with Crippen molar-refractivity contribution in [1.82, 2.24) is 10.2 Å². The number of nitrogens with one attached hydrogen (secondary N) is 1. The molecule has 0 spiro atoms. The first-order chi connectivity index (χ1) is 10.6. The maximum Gasteiger partial charge on any atom is 0.234 e. The number of hydrogen-bond acceptors (Lipinski definition) is 4. The highest BCUT2D eigenvalue weighted by molar-refractivity contribution is 5.79. The van der Waals surface area contributed by atoms with Crippen molar-refractivity contribution in [2.24, 2.45) is 11.7 Å². The monoisotopic (exact) mass is 305 g/mol. The van der Waals surface area contributed by atoms with Crippen LogP contribution in [-0.4, -0.2) is 48.1 Å². The molecule has 1 amide bonds. The van der Waals surface area contributed by atoms with E-state index in [1.165, 1.54) is 0 Å². The lowest BCUT2D eigenvalue weighted by Crippen LogP contribution is -2.44. The molecule has 5 nitrogen and oxygen atoms in total. The van der Waals surface area contributed by atoms with E-state index in [-0.39, 0.29) is 11.9 Å². The number of rotatable bonds is 7. The van der Waals surface area contributed by atoms with Gasteiger partial charge in [0.2, 0.25) is 5.91 Å². The summed E-state index contributed by atoms with van der Waals surface area (Å²) in [6.07, 6.45) is 1.74. The normalized spacial score (nSPS) is 19.7. The van der Waals surface area contributed by atoms with Crippen molar-refractivity contribution < 1.29 is 9.90 Å². The van der Waals surface area contributed by atoms with Crippen LogP contribution >= 0.6 is 0 Å². The molecule has 0 bridgehead atoms. The molecule has 122 valence electrons. The number of nitrogens with two attached hydrogens (primary N) is 1. The molecule has 1 aliphatic rings. The van der Waals surface area contributed by atoms with Gasteiger partial charge in [0, 0.05) is 6.54 Å². The Bertz CT molecular complexity index is 458. The zero-order chi connectivity index (χ0) is 15.9. The molecule has 1 fully saturated rings. The Morgan fingerprint density at radius 1 is 1.36 bits per heavy atom. The van der Waals surface area contributed by atoms with Gasteiger partial charge >= 0.3 is 0 Å². The molecular formula is C17H27N3O2. The lowest BCUT2D eigenvalue weighted by atomic mass is 9.96. The van der Waals surface area contributed by atoms with Crippen molar-refractivity contribution in [2.75, 3.05) is 26.2 Å². The van der Waals surface area contributed by atoms with Crippen molar-refractivity contribution in [1.29, 1.82) is 0 Å². The maximum absolute atomic E-state index is 11.0. The van der Waals surface area contributed by atoms with Crippen LogP contribution in [-0.2, 0) is 4.79 Å². The predicted octanol–water partition coefficient (Wildman–Crippen LogP) is 0.895. The van der Waals surface area contributed by atoms with Gasteiger partial charge in [0.15, 0.2) is 0 Å². The Balaban J connectivity index is 1.70. The summed E-state index contributed by atoms with van der Waals surface area (Å²) in [5.41, 5.74) is 6.22. The highest BCUT2D eigenvalue weighted by atomic mass is 16.3. The first-order valence-electron chi connectivity index (χ1n) is 8.04. The second-order valence-electron chi connectivity index (χ2n) is 6.20. The molecule has 2 unspecified atom stereocenters. The van der Waals surface area contributed by atoms with E-state index in [9.17, 15) is 9.90 Å². The number of amides is 1. The second kappa shape index (κ2) is 8.27. The molecule has 1 saturated heterocycles. The number of benzene rings is 1. The third kappa shape index (κ3) is 5.09. The van der Waals surface area contributed by atoms with Crippen molar-refractivity contribution >= 4 is 5.91 Å². The number of hydrogen-bond donors (Lipinski definition) is 3. The molecule has 0 radical (unpaired) electrons. The van der Waals surface area contributed by atoms with Crippen LogP contribution in [0.4, 0.5) is 0 Å². The van der Waals surface area contributed by atoms with Crippen molar-refractivity contribution in [2.45, 2.75) is 31.9 Å². The summed E-state index contributed by atoms with van der Waals surface area (Å²) in [5.74, 6) is 0.273. The molecule has 0 saturated carbocycles. The Hall–Kier alpha value is -1.43. The van der Waals surface area contributed by atoms with Gasteiger partial charge in [-0.25, -0.2) is 0 Å². The molecule has 0 aliphatic carbocycles. The highest BCUT2D eigenvalue weighted by Gasteiger charge is 2.22. The minimum Gasteiger partial charge on any atom is -0.387 e. The van der Waals surface area contributed by atoms with E-state index in [0.29, 0.717) is 12.5 Å². The first kappa shape index (κ1) is 16.9. The van der Waals surface area contributed by atoms with Gasteiger partial charge < -0.3 is 21.1 Å². The molecule has 1 aromatic carbocycles. The van der Waals surface area contributed by atoms with Crippen LogP contribution < -0.4 is 11.1 Å². The molecule has 5 heteroatoms. The molecule has 4 N–H and O–H groups in total. The van der Waals surface area contributed by atoms with Crippen LogP contribution in [0.15, 0.2) is 30.3 Å². The van der Waals surface area contributed by atoms with Crippen molar-refractivity contribution in [3.05, 3.63) is 35.9 Å². The molecule has 1 aliphatic heterocycles. The largest absolute Gasteiger partial charge is 0.387 e. The summed E-state index contributed by atoms with van der Waals surface area (Å²) >= 11 is 0. The third-order valence-corrected chi connectivity index (χ3v) is 4.46. The fourth-order valence-corrected chi connectivity index (χ4v) is 2.84. The average molecular weight is 305 g/mol. The summed E-state index contributed by atoms with van der Waals surface area (Å²) in [4.78, 5) is 13.3. The minimum atomic E-state index is -0.425. The lowest BCUT2D eigenvalue weighted by Gasteiger charge is -2.33. The van der Waals surface area contributed by atoms with Crippen LogP contribution in [0.5, 0.6) is 0 Å². The fourth-order valence-electron chi connectivity index (χ4n) is 2.84. The van der Waals surface area contributed by atoms with E-state index in [0.717, 1.165) is 38.0 Å². The van der Waals surface area contributed by atoms with Gasteiger partial charge in [-0.2, -0.15) is 0 Å². The van der Waals surface area contributed by atoms with Crippen molar-refractivity contribution in [3.63, 3.8) is 0 Å². The fraction of sp³-hybridized carbons (Fsp3) is 0.588. The average Bonchev–Trinajstić information content (AvgIpc) is 2.54. The summed E-state index contributed by atoms with van der Waals surface area (Å²) in [5, 5.41) is 13.5. The van der Waals surface area contributed by atoms with Gasteiger partial charge in [-0.3, -0.25) is 4.79 Å². The SMILES string of the molecule is CC(NCC1CCN(CC(O)c2ccccc2)CC1)C(N)=O. The van der Waals surface area contributed by atoms with Gasteiger partial charge in [-0.15, -0.1) is 0 Å². The van der Waals surface area contributed by atoms with E-state index in [1.807, 2.05) is 30.3 Å².